The standard InChI is InChI=1S/C21H31F3N2O2/c1-13(2)18(16-8-7-15(19(23)24)11-17(16)22)25-9-10-26(14(3)12-25)20(27)28-21(4,5)6/h7-8,11,13-14,18-19H,9-10,12H2,1-6H3. The molecular weight excluding hydrogens is 369 g/mol. The van der Waals surface area contributed by atoms with Crippen molar-refractivity contribution in [1.82, 2.24) is 9.80 Å². The van der Waals surface area contributed by atoms with Gasteiger partial charge >= 0.3 is 6.09 Å². The molecule has 7 heteroatoms. The van der Waals surface area contributed by atoms with Crippen LogP contribution in [-0.2, 0) is 4.74 Å². The van der Waals surface area contributed by atoms with Crippen LogP contribution in [0.25, 0.3) is 0 Å². The summed E-state index contributed by atoms with van der Waals surface area (Å²) in [5.74, 6) is -0.536. The van der Waals surface area contributed by atoms with Crippen molar-refractivity contribution in [1.29, 1.82) is 0 Å². The second kappa shape index (κ2) is 8.72. The van der Waals surface area contributed by atoms with Crippen LogP contribution in [0.5, 0.6) is 0 Å². The Hall–Kier alpha value is -1.76. The molecule has 2 rings (SSSR count). The molecule has 1 aliphatic heterocycles. The van der Waals surface area contributed by atoms with E-state index in [0.717, 1.165) is 6.07 Å². The summed E-state index contributed by atoms with van der Waals surface area (Å²) in [6.07, 6.45) is -3.05. The lowest BCUT2D eigenvalue weighted by Crippen LogP contribution is -2.56. The topological polar surface area (TPSA) is 32.8 Å². The number of amides is 1. The number of piperazine rings is 1. The van der Waals surface area contributed by atoms with Crippen LogP contribution in [0.15, 0.2) is 18.2 Å². The smallest absolute Gasteiger partial charge is 0.410 e. The van der Waals surface area contributed by atoms with E-state index in [9.17, 15) is 18.0 Å². The predicted octanol–water partition coefficient (Wildman–Crippen LogP) is 5.40. The normalized spacial score (nSPS) is 20.0. The average molecular weight is 400 g/mol. The molecule has 1 aliphatic rings. The summed E-state index contributed by atoms with van der Waals surface area (Å²) < 4.78 is 45.8. The van der Waals surface area contributed by atoms with Crippen LogP contribution in [0.2, 0.25) is 0 Å². The molecule has 2 atom stereocenters. The lowest BCUT2D eigenvalue weighted by atomic mass is 9.92. The first-order valence-corrected chi connectivity index (χ1v) is 9.72. The highest BCUT2D eigenvalue weighted by atomic mass is 19.3. The van der Waals surface area contributed by atoms with Crippen LogP contribution >= 0.6 is 0 Å². The van der Waals surface area contributed by atoms with Crippen molar-refractivity contribution >= 4 is 6.09 Å². The Labute approximate surface area is 165 Å². The number of rotatable bonds is 4. The summed E-state index contributed by atoms with van der Waals surface area (Å²) in [6.45, 7) is 13.0. The summed E-state index contributed by atoms with van der Waals surface area (Å²) in [6, 6.07) is 3.32. The van der Waals surface area contributed by atoms with E-state index in [1.807, 2.05) is 41.5 Å². The molecule has 1 amide bonds. The monoisotopic (exact) mass is 400 g/mol. The van der Waals surface area contributed by atoms with E-state index in [0.29, 0.717) is 25.2 Å². The lowest BCUT2D eigenvalue weighted by Gasteiger charge is -2.44. The van der Waals surface area contributed by atoms with Gasteiger partial charge in [0.2, 0.25) is 0 Å². The third-order valence-corrected chi connectivity index (χ3v) is 4.91. The fourth-order valence-corrected chi connectivity index (χ4v) is 3.73. The quantitative estimate of drug-likeness (QED) is 0.678. The van der Waals surface area contributed by atoms with Gasteiger partial charge in [-0.15, -0.1) is 0 Å². The molecule has 0 N–H and O–H groups in total. The fraction of sp³-hybridized carbons (Fsp3) is 0.667. The second-order valence-corrected chi connectivity index (χ2v) is 8.79. The van der Waals surface area contributed by atoms with Crippen LogP contribution in [0.1, 0.15) is 65.1 Å². The molecule has 1 fully saturated rings. The maximum absolute atomic E-state index is 14.6. The van der Waals surface area contributed by atoms with Gasteiger partial charge in [0.25, 0.3) is 6.43 Å². The number of hydrogen-bond donors (Lipinski definition) is 0. The van der Waals surface area contributed by atoms with Gasteiger partial charge in [-0.25, -0.2) is 18.0 Å². The molecule has 0 aromatic heterocycles. The Balaban J connectivity index is 2.18. The number of hydrogen-bond acceptors (Lipinski definition) is 3. The minimum Gasteiger partial charge on any atom is -0.444 e. The second-order valence-electron chi connectivity index (χ2n) is 8.79. The Morgan fingerprint density at radius 3 is 2.32 bits per heavy atom. The molecule has 158 valence electrons. The van der Waals surface area contributed by atoms with E-state index in [4.69, 9.17) is 4.74 Å². The first-order valence-electron chi connectivity index (χ1n) is 9.72. The SMILES string of the molecule is CC(C)C(c1ccc(C(F)F)cc1F)N1CCN(C(=O)OC(C)(C)C)C(C)C1. The summed E-state index contributed by atoms with van der Waals surface area (Å²) in [5, 5.41) is 0. The van der Waals surface area contributed by atoms with Gasteiger partial charge in [-0.05, 0) is 39.7 Å². The number of benzene rings is 1. The van der Waals surface area contributed by atoms with Gasteiger partial charge in [0.1, 0.15) is 11.4 Å². The maximum Gasteiger partial charge on any atom is 0.410 e. The fourth-order valence-electron chi connectivity index (χ4n) is 3.73. The molecule has 28 heavy (non-hydrogen) atoms. The van der Waals surface area contributed by atoms with Crippen LogP contribution in [0.3, 0.4) is 0 Å². The van der Waals surface area contributed by atoms with Crippen molar-refractivity contribution < 1.29 is 22.7 Å². The minimum absolute atomic E-state index is 0.0761. The van der Waals surface area contributed by atoms with Crippen LogP contribution in [-0.4, -0.2) is 47.2 Å². The molecule has 1 heterocycles. The third kappa shape index (κ3) is 5.40. The zero-order chi connectivity index (χ0) is 21.2. The highest BCUT2D eigenvalue weighted by molar-refractivity contribution is 5.68. The first kappa shape index (κ1) is 22.5. The highest BCUT2D eigenvalue weighted by Gasteiger charge is 2.35. The van der Waals surface area contributed by atoms with Gasteiger partial charge in [0.15, 0.2) is 0 Å². The average Bonchev–Trinajstić information content (AvgIpc) is 2.54. The van der Waals surface area contributed by atoms with E-state index >= 15 is 0 Å². The van der Waals surface area contributed by atoms with Crippen LogP contribution < -0.4 is 0 Å². The molecule has 1 aromatic carbocycles. The van der Waals surface area contributed by atoms with E-state index in [-0.39, 0.29) is 29.7 Å². The molecule has 2 unspecified atom stereocenters. The van der Waals surface area contributed by atoms with E-state index < -0.39 is 17.8 Å². The molecular formula is C21H31F3N2O2. The van der Waals surface area contributed by atoms with Crippen molar-refractivity contribution in [3.8, 4) is 0 Å². The number of carbonyl (C=O) groups is 1. The van der Waals surface area contributed by atoms with E-state index in [2.05, 4.69) is 4.90 Å². The Bertz CT molecular complexity index is 689. The van der Waals surface area contributed by atoms with Crippen molar-refractivity contribution in [2.75, 3.05) is 19.6 Å². The molecule has 0 saturated carbocycles. The minimum atomic E-state index is -2.70. The number of alkyl halides is 2. The summed E-state index contributed by atoms with van der Waals surface area (Å²) in [5.41, 5.74) is -0.464. The van der Waals surface area contributed by atoms with Crippen molar-refractivity contribution in [3.05, 3.63) is 35.1 Å². The molecule has 0 radical (unpaired) electrons. The number of carbonyl (C=O) groups excluding carboxylic acids is 1. The zero-order valence-corrected chi connectivity index (χ0v) is 17.5. The van der Waals surface area contributed by atoms with Gasteiger partial charge in [-0.1, -0.05) is 26.0 Å². The Kier molecular flexibility index (Phi) is 7.02. The highest BCUT2D eigenvalue weighted by Crippen LogP contribution is 2.34. The molecule has 1 aromatic rings. The maximum atomic E-state index is 14.6. The Morgan fingerprint density at radius 1 is 1.21 bits per heavy atom. The molecule has 0 spiro atoms. The van der Waals surface area contributed by atoms with E-state index in [1.165, 1.54) is 12.1 Å². The van der Waals surface area contributed by atoms with Gasteiger partial charge in [0, 0.05) is 42.8 Å². The number of nitrogens with zero attached hydrogens (tertiary/aromatic N) is 2. The van der Waals surface area contributed by atoms with Crippen molar-refractivity contribution in [3.63, 3.8) is 0 Å². The molecule has 0 bridgehead atoms. The number of ether oxygens (including phenoxy) is 1. The largest absolute Gasteiger partial charge is 0.444 e. The van der Waals surface area contributed by atoms with Crippen LogP contribution in [0.4, 0.5) is 18.0 Å². The molecule has 1 saturated heterocycles. The lowest BCUT2D eigenvalue weighted by molar-refractivity contribution is -0.00849. The van der Waals surface area contributed by atoms with E-state index in [1.54, 1.807) is 4.90 Å². The van der Waals surface area contributed by atoms with Crippen molar-refractivity contribution in [2.24, 2.45) is 5.92 Å². The molecule has 0 aliphatic carbocycles. The summed E-state index contributed by atoms with van der Waals surface area (Å²) in [7, 11) is 0. The predicted molar refractivity (Wildman–Crippen MR) is 103 cm³/mol. The van der Waals surface area contributed by atoms with Crippen molar-refractivity contribution in [2.45, 2.75) is 65.7 Å². The summed E-state index contributed by atoms with van der Waals surface area (Å²) in [4.78, 5) is 16.2. The third-order valence-electron chi connectivity index (χ3n) is 4.91. The van der Waals surface area contributed by atoms with Gasteiger partial charge < -0.3 is 9.64 Å². The summed E-state index contributed by atoms with van der Waals surface area (Å²) >= 11 is 0. The van der Waals surface area contributed by atoms with Gasteiger partial charge in [0.05, 0.1) is 0 Å². The van der Waals surface area contributed by atoms with Gasteiger partial charge in [-0.3, -0.25) is 4.90 Å². The first-order chi connectivity index (χ1) is 12.9. The molecule has 4 nitrogen and oxygen atoms in total. The van der Waals surface area contributed by atoms with Gasteiger partial charge in [-0.2, -0.15) is 0 Å². The van der Waals surface area contributed by atoms with Crippen LogP contribution in [0, 0.1) is 11.7 Å². The number of halogens is 3. The Morgan fingerprint density at radius 2 is 1.86 bits per heavy atom. The zero-order valence-electron chi connectivity index (χ0n) is 17.5.